The normalized spacial score (nSPS) is 20.9. The third kappa shape index (κ3) is 10.8. The first kappa shape index (κ1) is 36.1. The van der Waals surface area contributed by atoms with Gasteiger partial charge in [0.05, 0.1) is 11.6 Å². The van der Waals surface area contributed by atoms with E-state index in [0.717, 1.165) is 0 Å². The number of carbonyl (C=O) groups is 8. The van der Waals surface area contributed by atoms with E-state index in [0.29, 0.717) is 5.56 Å². The Hall–Kier alpha value is -5.11. The van der Waals surface area contributed by atoms with E-state index in [-0.39, 0.29) is 57.2 Å². The van der Waals surface area contributed by atoms with Gasteiger partial charge in [-0.2, -0.15) is 0 Å². The lowest BCUT2D eigenvalue weighted by atomic mass is 9.80. The van der Waals surface area contributed by atoms with Crippen LogP contribution < -0.4 is 26.2 Å². The van der Waals surface area contributed by atoms with Crippen molar-refractivity contribution in [2.75, 3.05) is 5.32 Å². The Morgan fingerprint density at radius 3 is 2.29 bits per heavy atom. The van der Waals surface area contributed by atoms with Gasteiger partial charge < -0.3 is 55.0 Å². The van der Waals surface area contributed by atoms with E-state index < -0.39 is 67.6 Å². The average Bonchev–Trinajstić information content (AvgIpc) is 3.00. The number of carboxylic acid groups (broad SMARTS) is 1. The Balaban J connectivity index is 2.34. The van der Waals surface area contributed by atoms with Crippen LogP contribution in [0, 0.1) is 0 Å². The van der Waals surface area contributed by atoms with Crippen LogP contribution in [-0.2, 0) is 59.1 Å². The number of amides is 3. The topological polar surface area (TPSA) is 274 Å². The van der Waals surface area contributed by atoms with Gasteiger partial charge in [-0.25, -0.2) is 4.79 Å². The van der Waals surface area contributed by atoms with Crippen molar-refractivity contribution in [1.29, 1.82) is 0 Å². The minimum Gasteiger partial charge on any atom is -0.479 e. The fourth-order valence-electron chi connectivity index (χ4n) is 3.86. The molecule has 1 aliphatic rings. The molecule has 0 radical (unpaired) electrons. The Morgan fingerprint density at radius 1 is 1.04 bits per heavy atom. The van der Waals surface area contributed by atoms with Gasteiger partial charge in [0, 0.05) is 6.42 Å². The van der Waals surface area contributed by atoms with E-state index in [9.17, 15) is 43.5 Å². The van der Waals surface area contributed by atoms with Gasteiger partial charge in [-0.05, 0) is 17.7 Å². The van der Waals surface area contributed by atoms with Gasteiger partial charge in [-0.3, -0.25) is 33.6 Å². The van der Waals surface area contributed by atoms with Crippen LogP contribution in [0.1, 0.15) is 18.9 Å². The van der Waals surface area contributed by atoms with Gasteiger partial charge in [-0.1, -0.05) is 13.0 Å². The fourth-order valence-corrected chi connectivity index (χ4v) is 3.86. The molecule has 0 aliphatic carbocycles. The van der Waals surface area contributed by atoms with Crippen molar-refractivity contribution in [3.8, 4) is 5.75 Å². The standard InChI is InChI=1S/C23H29B3N4O15/c1-2-13(34)29-25-18(27)19(35)30-26-23(39)28-11-5-10(6-40-22(24)38)3-4-12(11)44-21-17(43-9-33)15(42-8-32)14(41-7-31)16(45-21)20(36)37/h3-5,7-9,14-18,21,25-26H,2,6,24,27H2,1H3,(H,28,39)(H,29,34)(H,30,35)(H,36,37)/t14-,15-,16-,17+,18?,21+/m0/s1. The van der Waals surface area contributed by atoms with E-state index in [2.05, 4.69) is 15.8 Å². The molecule has 19 nitrogen and oxygen atoms in total. The van der Waals surface area contributed by atoms with Gasteiger partial charge >= 0.3 is 13.4 Å². The number of rotatable bonds is 18. The maximum Gasteiger partial charge on any atom is 0.344 e. The van der Waals surface area contributed by atoms with E-state index >= 15 is 0 Å². The third-order valence-corrected chi connectivity index (χ3v) is 5.98. The van der Waals surface area contributed by atoms with Gasteiger partial charge in [0.25, 0.3) is 26.8 Å². The van der Waals surface area contributed by atoms with Crippen LogP contribution in [0.15, 0.2) is 18.2 Å². The third-order valence-electron chi connectivity index (χ3n) is 5.98. The lowest BCUT2D eigenvalue weighted by Crippen LogP contribution is -2.63. The van der Waals surface area contributed by atoms with Crippen molar-refractivity contribution in [2.24, 2.45) is 5.73 Å². The summed E-state index contributed by atoms with van der Waals surface area (Å²) in [6.45, 7) is 1.09. The molecule has 1 aromatic rings. The molecule has 1 unspecified atom stereocenters. The van der Waals surface area contributed by atoms with Crippen LogP contribution in [0.2, 0.25) is 0 Å². The van der Waals surface area contributed by atoms with E-state index in [1.165, 1.54) is 26.0 Å². The van der Waals surface area contributed by atoms with Crippen molar-refractivity contribution in [1.82, 2.24) is 10.5 Å². The summed E-state index contributed by atoms with van der Waals surface area (Å²) in [7, 11) is 0.402. The van der Waals surface area contributed by atoms with Crippen molar-refractivity contribution in [3.05, 3.63) is 23.8 Å². The lowest BCUT2D eigenvalue weighted by Gasteiger charge is -2.41. The Kier molecular flexibility index (Phi) is 14.3. The minimum atomic E-state index is -1.97. The Labute approximate surface area is 257 Å². The second-order valence-electron chi connectivity index (χ2n) is 9.11. The summed E-state index contributed by atoms with van der Waals surface area (Å²) < 4.78 is 30.7. The number of ether oxygens (including phenoxy) is 6. The second kappa shape index (κ2) is 17.9. The van der Waals surface area contributed by atoms with Gasteiger partial charge in [0.2, 0.25) is 37.9 Å². The molecule has 0 bridgehead atoms. The quantitative estimate of drug-likeness (QED) is 0.0584. The number of nitrogens with two attached hydrogens (primary N) is 1. The first-order chi connectivity index (χ1) is 21.4. The molecule has 45 heavy (non-hydrogen) atoms. The predicted molar refractivity (Wildman–Crippen MR) is 153 cm³/mol. The van der Waals surface area contributed by atoms with E-state index in [1.807, 2.05) is 0 Å². The van der Waals surface area contributed by atoms with Gasteiger partial charge in [0.15, 0.2) is 24.1 Å². The molecular weight excluding hydrogens is 605 g/mol. The molecule has 1 aromatic carbocycles. The van der Waals surface area contributed by atoms with E-state index in [4.69, 9.17) is 34.2 Å². The highest BCUT2D eigenvalue weighted by Crippen LogP contribution is 2.33. The van der Waals surface area contributed by atoms with Crippen LogP contribution in [-0.4, -0.2) is 113 Å². The summed E-state index contributed by atoms with van der Waals surface area (Å²) in [6.07, 6.45) is -8.77. The summed E-state index contributed by atoms with van der Waals surface area (Å²) in [5, 5.41) is 16.9. The van der Waals surface area contributed by atoms with Gasteiger partial charge in [0.1, 0.15) is 12.4 Å². The van der Waals surface area contributed by atoms with Crippen LogP contribution >= 0.6 is 0 Å². The molecule has 1 aliphatic heterocycles. The minimum absolute atomic E-state index is 0.0729. The zero-order chi connectivity index (χ0) is 33.5. The first-order valence-electron chi connectivity index (χ1n) is 13.1. The maximum atomic E-state index is 12.8. The fraction of sp³-hybridized carbons (Fsp3) is 0.391. The Bertz CT molecular complexity index is 1270. The number of carboxylic acids is 1. The highest BCUT2D eigenvalue weighted by molar-refractivity contribution is 6.75. The zero-order valence-electron chi connectivity index (χ0n) is 24.0. The Morgan fingerprint density at radius 2 is 1.69 bits per heavy atom. The second-order valence-corrected chi connectivity index (χ2v) is 9.11. The number of benzene rings is 1. The monoisotopic (exact) mass is 634 g/mol. The molecule has 240 valence electrons. The van der Waals surface area contributed by atoms with Crippen LogP contribution in [0.4, 0.5) is 15.3 Å². The highest BCUT2D eigenvalue weighted by Gasteiger charge is 2.54. The number of hydrogen-bond acceptors (Lipinski definition) is 15. The summed E-state index contributed by atoms with van der Waals surface area (Å²) in [6, 6.07) is 3.99. The van der Waals surface area contributed by atoms with Crippen LogP contribution in [0.5, 0.6) is 5.75 Å². The molecule has 1 heterocycles. The van der Waals surface area contributed by atoms with E-state index in [1.54, 1.807) is 6.92 Å². The molecule has 2 rings (SSSR count). The van der Waals surface area contributed by atoms with Crippen LogP contribution in [0.25, 0.3) is 0 Å². The van der Waals surface area contributed by atoms with Crippen molar-refractivity contribution in [2.45, 2.75) is 56.6 Å². The molecule has 0 spiro atoms. The molecule has 3 amide bonds. The number of carbonyl (C=O) groups excluding carboxylic acids is 7. The molecular formula is C23H29B3N4O15. The summed E-state index contributed by atoms with van der Waals surface area (Å²) in [5.74, 6) is -5.52. The molecule has 6 atom stereocenters. The molecule has 6 N–H and O–H groups in total. The number of hydrogen-bond donors (Lipinski definition) is 5. The smallest absolute Gasteiger partial charge is 0.344 e. The lowest BCUT2D eigenvalue weighted by molar-refractivity contribution is -0.276. The van der Waals surface area contributed by atoms with Crippen molar-refractivity contribution >= 4 is 77.2 Å². The summed E-state index contributed by atoms with van der Waals surface area (Å²) >= 11 is 0. The molecule has 22 heteroatoms. The number of aliphatic carboxylic acids is 1. The molecule has 0 aromatic heterocycles. The molecule has 1 saturated heterocycles. The largest absolute Gasteiger partial charge is 0.479 e. The average molecular weight is 634 g/mol. The predicted octanol–water partition coefficient (Wildman–Crippen LogP) is -4.07. The molecule has 1 fully saturated rings. The SMILES string of the molecule is BC(=O)OCc1ccc(O[C@@H]2O[C@H](C(=O)O)[C@@H](OC=O)[C@H](OC=O)[C@H]2OC=O)c(NC(=O)BNC(=O)C(N)BNC(=O)CC)c1. The number of nitrogens with one attached hydrogen (secondary N) is 3. The van der Waals surface area contributed by atoms with Gasteiger partial charge in [-0.15, -0.1) is 0 Å². The van der Waals surface area contributed by atoms with Crippen molar-refractivity contribution in [3.63, 3.8) is 0 Å². The maximum absolute atomic E-state index is 12.8. The summed E-state index contributed by atoms with van der Waals surface area (Å²) in [4.78, 5) is 93.1. The summed E-state index contributed by atoms with van der Waals surface area (Å²) in [5.41, 5.74) is 5.96. The van der Waals surface area contributed by atoms with Crippen LogP contribution in [0.3, 0.4) is 0 Å². The first-order valence-corrected chi connectivity index (χ1v) is 13.1. The van der Waals surface area contributed by atoms with Crippen molar-refractivity contribution < 1.29 is 71.9 Å². The number of anilines is 1. The zero-order valence-corrected chi connectivity index (χ0v) is 24.0. The molecule has 0 saturated carbocycles. The highest BCUT2D eigenvalue weighted by atomic mass is 16.7.